The third-order valence-electron chi connectivity index (χ3n) is 3.04. The summed E-state index contributed by atoms with van der Waals surface area (Å²) < 4.78 is 10.6. The van der Waals surface area contributed by atoms with Crippen LogP contribution in [-0.4, -0.2) is 6.79 Å². The fourth-order valence-electron chi connectivity index (χ4n) is 2.01. The fourth-order valence-corrected chi connectivity index (χ4v) is 2.01. The van der Waals surface area contributed by atoms with Crippen LogP contribution in [0.5, 0.6) is 11.5 Å². The second-order valence-electron chi connectivity index (χ2n) is 4.58. The second kappa shape index (κ2) is 2.44. The lowest BCUT2D eigenvalue weighted by Crippen LogP contribution is -1.93. The molecule has 1 unspecified atom stereocenters. The summed E-state index contributed by atoms with van der Waals surface area (Å²) in [6, 6.07) is 6.22. The minimum Gasteiger partial charge on any atom is -0.454 e. The lowest BCUT2D eigenvalue weighted by Gasteiger charge is -2.04. The third-order valence-corrected chi connectivity index (χ3v) is 3.04. The Balaban J connectivity index is 1.94. The van der Waals surface area contributed by atoms with Gasteiger partial charge in [-0.25, -0.2) is 0 Å². The van der Waals surface area contributed by atoms with Crippen LogP contribution in [-0.2, 0) is 0 Å². The average molecular weight is 189 g/mol. The molecule has 1 aliphatic carbocycles. The van der Waals surface area contributed by atoms with Crippen molar-refractivity contribution >= 4 is 0 Å². The topological polar surface area (TPSA) is 18.5 Å². The van der Waals surface area contributed by atoms with Crippen molar-refractivity contribution < 1.29 is 9.47 Å². The molecule has 2 nitrogen and oxygen atoms in total. The molecule has 0 saturated heterocycles. The molecular weight excluding hydrogens is 176 g/mol. The molecule has 1 aliphatic heterocycles. The molecule has 2 heteroatoms. The maximum atomic E-state index is 5.35. The van der Waals surface area contributed by atoms with E-state index in [9.17, 15) is 0 Å². The zero-order chi connectivity index (χ0) is 9.76. The predicted octanol–water partition coefficient (Wildman–Crippen LogP) is 2.74. The van der Waals surface area contributed by atoms with Gasteiger partial charge in [-0.2, -0.15) is 0 Å². The minimum atomic E-state index is 0.355. The molecule has 0 aromatic heterocycles. The van der Waals surface area contributed by atoms with Crippen molar-refractivity contribution in [2.45, 2.75) is 19.8 Å². The monoisotopic (exact) mass is 189 g/mol. The first-order valence-electron chi connectivity index (χ1n) is 4.92. The molecule has 1 fully saturated rings. The van der Waals surface area contributed by atoms with Gasteiger partial charge in [-0.3, -0.25) is 0 Å². The Morgan fingerprint density at radius 2 is 1.93 bits per heavy atom. The lowest BCUT2D eigenvalue weighted by molar-refractivity contribution is 0.174. The average Bonchev–Trinajstić information content (AvgIpc) is 2.63. The van der Waals surface area contributed by atoms with Gasteiger partial charge in [0.05, 0.1) is 0 Å². The molecule has 1 saturated carbocycles. The SMILES string of the molecule is CC1(C)[CH]C1c1ccc2c(c1)OCO2. The molecule has 3 rings (SSSR count). The molecule has 0 bridgehead atoms. The van der Waals surface area contributed by atoms with E-state index in [2.05, 4.69) is 32.4 Å². The normalized spacial score (nSPS) is 26.3. The van der Waals surface area contributed by atoms with Crippen molar-refractivity contribution in [2.24, 2.45) is 5.41 Å². The number of hydrogen-bond acceptors (Lipinski definition) is 2. The quantitative estimate of drug-likeness (QED) is 0.676. The summed E-state index contributed by atoms with van der Waals surface area (Å²) in [5.41, 5.74) is 1.69. The largest absolute Gasteiger partial charge is 0.454 e. The van der Waals surface area contributed by atoms with Gasteiger partial charge in [0.1, 0.15) is 0 Å². The van der Waals surface area contributed by atoms with Gasteiger partial charge in [0.25, 0.3) is 0 Å². The molecule has 0 amide bonds. The van der Waals surface area contributed by atoms with Gasteiger partial charge >= 0.3 is 0 Å². The highest BCUT2D eigenvalue weighted by atomic mass is 16.7. The zero-order valence-corrected chi connectivity index (χ0v) is 8.41. The van der Waals surface area contributed by atoms with Gasteiger partial charge in [-0.1, -0.05) is 19.9 Å². The van der Waals surface area contributed by atoms with E-state index in [1.165, 1.54) is 5.56 Å². The summed E-state index contributed by atoms with van der Waals surface area (Å²) in [5.74, 6) is 2.34. The maximum absolute atomic E-state index is 5.35. The number of rotatable bonds is 1. The van der Waals surface area contributed by atoms with Crippen LogP contribution in [0.2, 0.25) is 0 Å². The number of benzene rings is 1. The molecule has 73 valence electrons. The van der Waals surface area contributed by atoms with Crippen molar-refractivity contribution in [3.63, 3.8) is 0 Å². The van der Waals surface area contributed by atoms with E-state index in [0.717, 1.165) is 11.5 Å². The highest BCUT2D eigenvalue weighted by Gasteiger charge is 2.47. The molecule has 1 atom stereocenters. The number of ether oxygens (including phenoxy) is 2. The van der Waals surface area contributed by atoms with E-state index in [1.807, 2.05) is 6.07 Å². The molecular formula is C12H13O2. The van der Waals surface area contributed by atoms with Crippen LogP contribution >= 0.6 is 0 Å². The molecule has 1 aromatic carbocycles. The highest BCUT2D eigenvalue weighted by Crippen LogP contribution is 2.58. The molecule has 1 heterocycles. The molecule has 0 spiro atoms. The Kier molecular flexibility index (Phi) is 1.42. The van der Waals surface area contributed by atoms with Crippen LogP contribution in [0, 0.1) is 11.8 Å². The number of fused-ring (bicyclic) bond motifs is 1. The van der Waals surface area contributed by atoms with E-state index in [1.54, 1.807) is 0 Å². The summed E-state index contributed by atoms with van der Waals surface area (Å²) in [7, 11) is 0. The Labute approximate surface area is 83.8 Å². The van der Waals surface area contributed by atoms with E-state index in [0.29, 0.717) is 18.1 Å². The first kappa shape index (κ1) is 8.16. The van der Waals surface area contributed by atoms with E-state index >= 15 is 0 Å². The first-order valence-corrected chi connectivity index (χ1v) is 4.92. The van der Waals surface area contributed by atoms with Gasteiger partial charge in [0.15, 0.2) is 11.5 Å². The Bertz CT molecular complexity index is 382. The van der Waals surface area contributed by atoms with Gasteiger partial charge in [0, 0.05) is 0 Å². The van der Waals surface area contributed by atoms with Crippen LogP contribution in [0.15, 0.2) is 18.2 Å². The summed E-state index contributed by atoms with van der Waals surface area (Å²) >= 11 is 0. The molecule has 0 N–H and O–H groups in total. The molecule has 2 aliphatic rings. The lowest BCUT2D eigenvalue weighted by atomic mass is 10.0. The van der Waals surface area contributed by atoms with Crippen molar-refractivity contribution in [1.82, 2.24) is 0 Å². The van der Waals surface area contributed by atoms with Crippen LogP contribution in [0.1, 0.15) is 25.3 Å². The van der Waals surface area contributed by atoms with Gasteiger partial charge in [0.2, 0.25) is 6.79 Å². The summed E-state index contributed by atoms with van der Waals surface area (Å²) in [5, 5.41) is 0. The number of hydrogen-bond donors (Lipinski definition) is 0. The van der Waals surface area contributed by atoms with Crippen LogP contribution in [0.3, 0.4) is 0 Å². The zero-order valence-electron chi connectivity index (χ0n) is 8.41. The fraction of sp³-hybridized carbons (Fsp3) is 0.417. The Morgan fingerprint density at radius 1 is 1.21 bits per heavy atom. The standard InChI is InChI=1S/C12H13O2/c1-12(2)6-9(12)8-3-4-10-11(5-8)14-7-13-10/h3-6,9H,7H2,1-2H3. The van der Waals surface area contributed by atoms with Gasteiger partial charge in [-0.05, 0) is 35.4 Å². The van der Waals surface area contributed by atoms with Gasteiger partial charge in [-0.15, -0.1) is 0 Å². The predicted molar refractivity (Wildman–Crippen MR) is 53.4 cm³/mol. The van der Waals surface area contributed by atoms with Gasteiger partial charge < -0.3 is 9.47 Å². The van der Waals surface area contributed by atoms with Crippen molar-refractivity contribution in [1.29, 1.82) is 0 Å². The third kappa shape index (κ3) is 1.10. The van der Waals surface area contributed by atoms with E-state index in [-0.39, 0.29) is 0 Å². The van der Waals surface area contributed by atoms with E-state index in [4.69, 9.17) is 9.47 Å². The van der Waals surface area contributed by atoms with Crippen molar-refractivity contribution in [3.8, 4) is 11.5 Å². The Hall–Kier alpha value is -1.18. The summed E-state index contributed by atoms with van der Waals surface area (Å²) in [6.45, 7) is 4.86. The Morgan fingerprint density at radius 3 is 2.64 bits per heavy atom. The molecule has 1 radical (unpaired) electrons. The van der Waals surface area contributed by atoms with E-state index < -0.39 is 0 Å². The maximum Gasteiger partial charge on any atom is 0.231 e. The summed E-state index contributed by atoms with van der Waals surface area (Å²) in [4.78, 5) is 0. The minimum absolute atomic E-state index is 0.355. The van der Waals surface area contributed by atoms with Crippen molar-refractivity contribution in [2.75, 3.05) is 6.79 Å². The van der Waals surface area contributed by atoms with Crippen molar-refractivity contribution in [3.05, 3.63) is 30.2 Å². The first-order chi connectivity index (χ1) is 6.67. The van der Waals surface area contributed by atoms with Crippen LogP contribution < -0.4 is 9.47 Å². The van der Waals surface area contributed by atoms with Crippen LogP contribution in [0.4, 0.5) is 0 Å². The summed E-state index contributed by atoms with van der Waals surface area (Å²) in [6.07, 6.45) is 2.35. The van der Waals surface area contributed by atoms with Crippen LogP contribution in [0.25, 0.3) is 0 Å². The smallest absolute Gasteiger partial charge is 0.231 e. The molecule has 14 heavy (non-hydrogen) atoms. The second-order valence-corrected chi connectivity index (χ2v) is 4.58. The highest BCUT2D eigenvalue weighted by molar-refractivity contribution is 5.49. The molecule has 1 aromatic rings.